The average Bonchev–Trinajstić information content (AvgIpc) is 2.87. The van der Waals surface area contributed by atoms with Crippen LogP contribution in [-0.4, -0.2) is 73.8 Å². The highest BCUT2D eigenvalue weighted by Crippen LogP contribution is 2.46. The Balaban J connectivity index is 2.01. The van der Waals surface area contributed by atoms with Crippen LogP contribution in [0.5, 0.6) is 0 Å². The van der Waals surface area contributed by atoms with Gasteiger partial charge >= 0.3 is 0 Å². The van der Waals surface area contributed by atoms with E-state index in [0.29, 0.717) is 44.7 Å². The van der Waals surface area contributed by atoms with Crippen molar-refractivity contribution in [2.45, 2.75) is 39.2 Å². The minimum absolute atomic E-state index is 0.118. The van der Waals surface area contributed by atoms with Crippen LogP contribution in [0.1, 0.15) is 35.1 Å². The molecule has 0 saturated carbocycles. The number of carbonyl (C=O) groups is 1. The Hall–Kier alpha value is -1.93. The first kappa shape index (κ1) is 21.8. The second-order valence-electron chi connectivity index (χ2n) is 7.90. The molecule has 1 amide bonds. The number of piperidine rings is 1. The zero-order valence-electron chi connectivity index (χ0n) is 18.1. The van der Waals surface area contributed by atoms with Crippen molar-refractivity contribution in [3.05, 3.63) is 40.1 Å². The largest absolute Gasteiger partial charge is 0.509 e. The monoisotopic (exact) mass is 404 g/mol. The van der Waals surface area contributed by atoms with Gasteiger partial charge in [-0.15, -0.1) is 0 Å². The molecule has 2 aliphatic rings. The summed E-state index contributed by atoms with van der Waals surface area (Å²) in [5, 5.41) is 13.3. The maximum Gasteiger partial charge on any atom is 0.260 e. The van der Waals surface area contributed by atoms with Crippen molar-refractivity contribution in [1.29, 1.82) is 0 Å². The lowest BCUT2D eigenvalue weighted by atomic mass is 9.84. The molecule has 1 saturated heterocycles. The van der Waals surface area contributed by atoms with Crippen LogP contribution in [0.2, 0.25) is 0 Å². The Morgan fingerprint density at radius 2 is 1.69 bits per heavy atom. The van der Waals surface area contributed by atoms with Crippen molar-refractivity contribution in [3.63, 3.8) is 0 Å². The van der Waals surface area contributed by atoms with Gasteiger partial charge in [0.25, 0.3) is 5.91 Å². The molecule has 29 heavy (non-hydrogen) atoms. The first-order valence-corrected chi connectivity index (χ1v) is 10.1. The molecule has 0 aliphatic carbocycles. The van der Waals surface area contributed by atoms with Crippen molar-refractivity contribution in [2.24, 2.45) is 0 Å². The van der Waals surface area contributed by atoms with Gasteiger partial charge in [-0.3, -0.25) is 4.79 Å². The summed E-state index contributed by atoms with van der Waals surface area (Å²) < 4.78 is 10.8. The summed E-state index contributed by atoms with van der Waals surface area (Å²) >= 11 is 0. The molecule has 1 fully saturated rings. The molecule has 1 aromatic rings. The van der Waals surface area contributed by atoms with Crippen LogP contribution in [0.4, 0.5) is 0 Å². The number of hydroxylamine groups is 2. The van der Waals surface area contributed by atoms with Crippen LogP contribution in [0.15, 0.2) is 17.9 Å². The van der Waals surface area contributed by atoms with Gasteiger partial charge in [0.15, 0.2) is 0 Å². The number of rotatable bonds is 7. The predicted octanol–water partition coefficient (Wildman–Crippen LogP) is 2.74. The summed E-state index contributed by atoms with van der Waals surface area (Å²) in [5.41, 5.74) is 3.58. The number of amides is 1. The molecular formula is C22H32N2O5. The number of benzene rings is 1. The molecule has 1 spiro atoms. The third kappa shape index (κ3) is 3.92. The van der Waals surface area contributed by atoms with E-state index < -0.39 is 5.54 Å². The number of ether oxygens (including phenoxy) is 2. The summed E-state index contributed by atoms with van der Waals surface area (Å²) in [6.07, 6.45) is 1.17. The molecule has 7 heteroatoms. The lowest BCUT2D eigenvalue weighted by Gasteiger charge is -2.43. The Morgan fingerprint density at radius 3 is 2.24 bits per heavy atom. The van der Waals surface area contributed by atoms with Crippen LogP contribution in [0, 0.1) is 20.8 Å². The highest BCUT2D eigenvalue weighted by Gasteiger charge is 2.54. The van der Waals surface area contributed by atoms with Gasteiger partial charge in [0.05, 0.1) is 25.9 Å². The van der Waals surface area contributed by atoms with Gasteiger partial charge in [0, 0.05) is 20.2 Å². The summed E-state index contributed by atoms with van der Waals surface area (Å²) in [6, 6.07) is 4.10. The van der Waals surface area contributed by atoms with E-state index in [0.717, 1.165) is 22.3 Å². The Labute approximate surface area is 172 Å². The molecule has 7 nitrogen and oxygen atoms in total. The second kappa shape index (κ2) is 8.83. The number of nitrogens with zero attached hydrogens (tertiary/aromatic N) is 2. The average molecular weight is 405 g/mol. The Morgan fingerprint density at radius 1 is 1.07 bits per heavy atom. The van der Waals surface area contributed by atoms with Crippen LogP contribution in [-0.2, 0) is 19.1 Å². The fourth-order valence-corrected chi connectivity index (χ4v) is 4.62. The summed E-state index contributed by atoms with van der Waals surface area (Å²) in [7, 11) is 3.25. The lowest BCUT2D eigenvalue weighted by Crippen LogP contribution is -2.55. The topological polar surface area (TPSA) is 71.5 Å². The van der Waals surface area contributed by atoms with Gasteiger partial charge in [0.1, 0.15) is 18.0 Å². The van der Waals surface area contributed by atoms with Crippen LogP contribution in [0.25, 0.3) is 5.57 Å². The summed E-state index contributed by atoms with van der Waals surface area (Å²) in [6.45, 7) is 8.22. The number of hydrogen-bond acceptors (Lipinski definition) is 6. The van der Waals surface area contributed by atoms with Crippen molar-refractivity contribution in [2.75, 3.05) is 47.3 Å². The molecular weight excluding hydrogens is 372 g/mol. The van der Waals surface area contributed by atoms with Gasteiger partial charge in [-0.25, -0.2) is 0 Å². The molecule has 2 heterocycles. The van der Waals surface area contributed by atoms with Crippen molar-refractivity contribution in [3.8, 4) is 0 Å². The fourth-order valence-electron chi connectivity index (χ4n) is 4.62. The smallest absolute Gasteiger partial charge is 0.260 e. The van der Waals surface area contributed by atoms with Gasteiger partial charge in [-0.2, -0.15) is 5.06 Å². The van der Waals surface area contributed by atoms with Gasteiger partial charge in [-0.1, -0.05) is 17.7 Å². The molecule has 3 rings (SSSR count). The number of hydrogen-bond donors (Lipinski definition) is 1. The van der Waals surface area contributed by atoms with E-state index >= 15 is 0 Å². The highest BCUT2D eigenvalue weighted by atomic mass is 16.7. The van der Waals surface area contributed by atoms with E-state index in [9.17, 15) is 9.90 Å². The van der Waals surface area contributed by atoms with Crippen LogP contribution in [0.3, 0.4) is 0 Å². The highest BCUT2D eigenvalue weighted by molar-refractivity contribution is 6.23. The van der Waals surface area contributed by atoms with E-state index in [4.69, 9.17) is 14.3 Å². The maximum atomic E-state index is 13.5. The van der Waals surface area contributed by atoms with Crippen molar-refractivity contribution < 1.29 is 24.2 Å². The van der Waals surface area contributed by atoms with E-state index in [2.05, 4.69) is 0 Å². The molecule has 160 valence electrons. The van der Waals surface area contributed by atoms with Crippen LogP contribution >= 0.6 is 0 Å². The number of aliphatic hydroxyl groups excluding tert-OH is 1. The summed E-state index contributed by atoms with van der Waals surface area (Å²) in [4.78, 5) is 20.6. The molecule has 2 aliphatic heterocycles. The van der Waals surface area contributed by atoms with Crippen LogP contribution < -0.4 is 0 Å². The third-order valence-corrected chi connectivity index (χ3v) is 6.04. The first-order valence-electron chi connectivity index (χ1n) is 10.1. The quantitative estimate of drug-likeness (QED) is 0.705. The maximum absolute atomic E-state index is 13.5. The lowest BCUT2D eigenvalue weighted by molar-refractivity contribution is -0.170. The third-order valence-electron chi connectivity index (χ3n) is 6.04. The fraction of sp³-hybridized carbons (Fsp3) is 0.591. The molecule has 0 unspecified atom stereocenters. The van der Waals surface area contributed by atoms with Crippen molar-refractivity contribution >= 4 is 11.5 Å². The number of carbonyl (C=O) groups excluding carboxylic acids is 1. The zero-order chi connectivity index (χ0) is 21.2. The number of aryl methyl sites for hydroxylation is 3. The molecule has 0 radical (unpaired) electrons. The van der Waals surface area contributed by atoms with E-state index in [-0.39, 0.29) is 18.4 Å². The first-order chi connectivity index (χ1) is 13.9. The number of methoxy groups -OCH3 is 1. The van der Waals surface area contributed by atoms with Gasteiger partial charge in [0.2, 0.25) is 0 Å². The molecule has 1 aromatic carbocycles. The van der Waals surface area contributed by atoms with Crippen molar-refractivity contribution in [1.82, 2.24) is 9.96 Å². The Kier molecular flexibility index (Phi) is 6.63. The SMILES string of the molecule is COCCOCN1C(=O)C(c2c(C)cc(C)cc2C)=C(O)C12CCN(OC)CC2. The van der Waals surface area contributed by atoms with E-state index in [1.54, 1.807) is 19.1 Å². The molecule has 0 aromatic heterocycles. The summed E-state index contributed by atoms with van der Waals surface area (Å²) in [5.74, 6) is -0.0236. The Bertz CT molecular complexity index is 773. The normalized spacial score (nSPS) is 19.6. The standard InChI is InChI=1S/C22H32N2O5/c1-15-12-16(2)18(17(3)13-15)19-20(25)22(6-8-23(28-5)9-7-22)24(21(19)26)14-29-11-10-27-4/h12-13,25H,6-11,14H2,1-5H3. The second-order valence-corrected chi connectivity index (χ2v) is 7.90. The minimum atomic E-state index is -0.766. The minimum Gasteiger partial charge on any atom is -0.509 e. The molecule has 1 N–H and O–H groups in total. The van der Waals surface area contributed by atoms with Gasteiger partial charge < -0.3 is 24.3 Å². The van der Waals surface area contributed by atoms with E-state index in [1.165, 1.54) is 0 Å². The van der Waals surface area contributed by atoms with Gasteiger partial charge in [-0.05, 0) is 50.3 Å². The number of aliphatic hydroxyl groups is 1. The molecule has 0 atom stereocenters. The zero-order valence-corrected chi connectivity index (χ0v) is 18.1. The van der Waals surface area contributed by atoms with E-state index in [1.807, 2.05) is 38.0 Å². The predicted molar refractivity (Wildman–Crippen MR) is 110 cm³/mol. The molecule has 0 bridgehead atoms.